The van der Waals surface area contributed by atoms with Crippen LogP contribution < -0.4 is 10.6 Å². The van der Waals surface area contributed by atoms with Crippen LogP contribution in [0.3, 0.4) is 0 Å². The number of rotatable bonds is 7. The van der Waals surface area contributed by atoms with E-state index in [0.717, 1.165) is 6.92 Å². The van der Waals surface area contributed by atoms with Gasteiger partial charge < -0.3 is 15.4 Å². The van der Waals surface area contributed by atoms with Gasteiger partial charge in [-0.05, 0) is 26.8 Å². The molecule has 3 aromatic rings. The molecule has 0 bridgehead atoms. The predicted molar refractivity (Wildman–Crippen MR) is 119 cm³/mol. The number of methoxy groups -OCH3 is 1. The Morgan fingerprint density at radius 3 is 2.39 bits per heavy atom. The molecule has 2 N–H and O–H groups in total. The number of carbonyl (C=O) groups excluding carboxylic acids is 1. The van der Waals surface area contributed by atoms with E-state index in [1.54, 1.807) is 26.2 Å². The monoisotopic (exact) mass is 457 g/mol. The van der Waals surface area contributed by atoms with Gasteiger partial charge >= 0.3 is 5.92 Å². The van der Waals surface area contributed by atoms with Crippen LogP contribution >= 0.6 is 0 Å². The van der Waals surface area contributed by atoms with Gasteiger partial charge in [0.2, 0.25) is 11.7 Å². The Kier molecular flexibility index (Phi) is 6.63. The van der Waals surface area contributed by atoms with Crippen molar-refractivity contribution in [3.63, 3.8) is 0 Å². The molecule has 11 heteroatoms. The van der Waals surface area contributed by atoms with Gasteiger partial charge in [0.05, 0.1) is 17.1 Å². The molecule has 0 spiro atoms. The van der Waals surface area contributed by atoms with E-state index in [1.807, 2.05) is 13.8 Å². The minimum Gasteiger partial charge on any atom is -0.373 e. The summed E-state index contributed by atoms with van der Waals surface area (Å²) in [7, 11) is 1.58. The van der Waals surface area contributed by atoms with Gasteiger partial charge in [-0.25, -0.2) is 24.9 Å². The van der Waals surface area contributed by atoms with E-state index >= 15 is 0 Å². The summed E-state index contributed by atoms with van der Waals surface area (Å²) in [5, 5.41) is 5.65. The minimum absolute atomic E-state index is 0.159. The van der Waals surface area contributed by atoms with Gasteiger partial charge in [-0.3, -0.25) is 4.79 Å². The molecule has 3 aromatic heterocycles. The summed E-state index contributed by atoms with van der Waals surface area (Å²) in [5.74, 6) is -3.69. The van der Waals surface area contributed by atoms with Crippen molar-refractivity contribution in [1.82, 2.24) is 24.9 Å². The number of carbonyl (C=O) groups is 1. The summed E-state index contributed by atoms with van der Waals surface area (Å²) >= 11 is 0. The lowest BCUT2D eigenvalue weighted by atomic mass is 10.0. The molecule has 0 saturated heterocycles. The molecule has 1 amide bonds. The van der Waals surface area contributed by atoms with Gasteiger partial charge in [-0.15, -0.1) is 0 Å². The molecule has 9 nitrogen and oxygen atoms in total. The van der Waals surface area contributed by atoms with Gasteiger partial charge in [-0.2, -0.15) is 8.78 Å². The zero-order valence-electron chi connectivity index (χ0n) is 19.2. The lowest BCUT2D eigenvalue weighted by molar-refractivity contribution is -0.114. The summed E-state index contributed by atoms with van der Waals surface area (Å²) in [5.41, 5.74) is 1.84. The highest BCUT2D eigenvalue weighted by Gasteiger charge is 2.29. The van der Waals surface area contributed by atoms with Crippen molar-refractivity contribution in [3.05, 3.63) is 47.9 Å². The zero-order valence-corrected chi connectivity index (χ0v) is 19.2. The third-order valence-corrected chi connectivity index (χ3v) is 4.79. The second-order valence-corrected chi connectivity index (χ2v) is 8.03. The fraction of sp³-hybridized carbons (Fsp3) is 0.364. The molecule has 174 valence electrons. The Balaban J connectivity index is 2.12. The Morgan fingerprint density at radius 2 is 1.76 bits per heavy atom. The molecule has 3 heterocycles. The van der Waals surface area contributed by atoms with Crippen LogP contribution in [0.4, 0.5) is 26.1 Å². The highest BCUT2D eigenvalue weighted by molar-refractivity contribution is 5.89. The Bertz CT molecular complexity index is 1180. The van der Waals surface area contributed by atoms with Gasteiger partial charge in [0, 0.05) is 50.5 Å². The highest BCUT2D eigenvalue weighted by atomic mass is 19.3. The van der Waals surface area contributed by atoms with Crippen LogP contribution in [0.15, 0.2) is 30.7 Å². The third-order valence-electron chi connectivity index (χ3n) is 4.79. The quantitative estimate of drug-likeness (QED) is 0.539. The van der Waals surface area contributed by atoms with Gasteiger partial charge in [0.15, 0.2) is 0 Å². The fourth-order valence-electron chi connectivity index (χ4n) is 2.92. The first-order chi connectivity index (χ1) is 15.4. The summed E-state index contributed by atoms with van der Waals surface area (Å²) in [6, 6.07) is 4.86. The molecule has 0 radical (unpaired) electrons. The molecule has 33 heavy (non-hydrogen) atoms. The van der Waals surface area contributed by atoms with Crippen molar-refractivity contribution in [1.29, 1.82) is 0 Å². The molecule has 0 atom stereocenters. The number of amides is 1. The van der Waals surface area contributed by atoms with Crippen LogP contribution in [0.25, 0.3) is 11.3 Å². The highest BCUT2D eigenvalue weighted by Crippen LogP contribution is 2.33. The Hall–Kier alpha value is -3.60. The molecule has 0 aliphatic carbocycles. The van der Waals surface area contributed by atoms with E-state index in [2.05, 4.69) is 35.6 Å². The van der Waals surface area contributed by atoms with Crippen molar-refractivity contribution in [2.45, 2.75) is 46.1 Å². The Labute approximate surface area is 190 Å². The van der Waals surface area contributed by atoms with Crippen LogP contribution in [-0.4, -0.2) is 37.9 Å². The minimum atomic E-state index is -3.21. The first-order valence-electron chi connectivity index (χ1n) is 10.1. The second-order valence-electron chi connectivity index (χ2n) is 8.03. The average molecular weight is 457 g/mol. The third kappa shape index (κ3) is 5.80. The number of aromatic nitrogens is 5. The maximum Gasteiger partial charge on any atom is 0.303 e. The molecule has 3 rings (SSSR count). The van der Waals surface area contributed by atoms with Crippen molar-refractivity contribution in [2.24, 2.45) is 0 Å². The molecule has 0 unspecified atom stereocenters. The Morgan fingerprint density at radius 1 is 1.03 bits per heavy atom. The zero-order chi connectivity index (χ0) is 24.4. The smallest absolute Gasteiger partial charge is 0.303 e. The maximum atomic E-state index is 13.9. The first kappa shape index (κ1) is 24.1. The van der Waals surface area contributed by atoms with Crippen LogP contribution in [0.1, 0.15) is 44.9 Å². The van der Waals surface area contributed by atoms with Crippen LogP contribution in [0.5, 0.6) is 0 Å². The number of anilines is 3. The van der Waals surface area contributed by atoms with Crippen molar-refractivity contribution in [2.75, 3.05) is 17.7 Å². The molecule has 0 saturated carbocycles. The molecule has 0 aliphatic rings. The van der Waals surface area contributed by atoms with Crippen molar-refractivity contribution in [3.8, 4) is 11.3 Å². The molecule has 0 fully saturated rings. The molecule has 0 aromatic carbocycles. The van der Waals surface area contributed by atoms with E-state index in [1.165, 1.54) is 25.5 Å². The van der Waals surface area contributed by atoms with Gasteiger partial charge in [0.1, 0.15) is 23.6 Å². The molecule has 0 aliphatic heterocycles. The number of halogens is 2. The number of hydrogen-bond acceptors (Lipinski definition) is 8. The summed E-state index contributed by atoms with van der Waals surface area (Å²) in [6.45, 7) is 7.43. The van der Waals surface area contributed by atoms with E-state index < -0.39 is 17.3 Å². The van der Waals surface area contributed by atoms with E-state index in [0.29, 0.717) is 28.3 Å². The lowest BCUT2D eigenvalue weighted by Gasteiger charge is -2.22. The number of pyridine rings is 1. The first-order valence-corrected chi connectivity index (χ1v) is 10.1. The maximum absolute atomic E-state index is 13.9. The number of nitrogens with one attached hydrogen (secondary N) is 2. The number of hydrogen-bond donors (Lipinski definition) is 2. The van der Waals surface area contributed by atoms with Crippen LogP contribution in [0.2, 0.25) is 0 Å². The SMILES string of the molecule is COC(C)(C)c1cc(-c2cnc(NC(C)=O)cc2Nc2cc(C)nc(C(C)(F)F)n2)ncn1. The van der Waals surface area contributed by atoms with Crippen molar-refractivity contribution >= 4 is 23.2 Å². The number of alkyl halides is 2. The number of nitrogens with zero attached hydrogens (tertiary/aromatic N) is 5. The van der Waals surface area contributed by atoms with E-state index in [9.17, 15) is 13.6 Å². The topological polar surface area (TPSA) is 115 Å². The normalized spacial score (nSPS) is 11.9. The van der Waals surface area contributed by atoms with E-state index in [-0.39, 0.29) is 17.5 Å². The largest absolute Gasteiger partial charge is 0.373 e. The summed E-state index contributed by atoms with van der Waals surface area (Å²) in [4.78, 5) is 32.2. The average Bonchev–Trinajstić information content (AvgIpc) is 2.72. The van der Waals surface area contributed by atoms with E-state index in [4.69, 9.17) is 4.74 Å². The van der Waals surface area contributed by atoms with Gasteiger partial charge in [0.25, 0.3) is 0 Å². The van der Waals surface area contributed by atoms with Crippen molar-refractivity contribution < 1.29 is 18.3 Å². The number of ether oxygens (including phenoxy) is 1. The van der Waals surface area contributed by atoms with Gasteiger partial charge in [-0.1, -0.05) is 0 Å². The molecular weight excluding hydrogens is 432 g/mol. The van der Waals surface area contributed by atoms with Crippen LogP contribution in [0, 0.1) is 6.92 Å². The van der Waals surface area contributed by atoms with Crippen LogP contribution in [-0.2, 0) is 21.1 Å². The standard InChI is InChI=1S/C22H25F2N7O2/c1-12-7-19(31-20(28-12)22(5,23)24)30-16-9-18(29-13(2)32)25-10-14(16)15-8-17(27-11-26-15)21(3,4)33-6/h7-11H,1-6H3,(H2,25,28,29,30,31,32). The lowest BCUT2D eigenvalue weighted by Crippen LogP contribution is -2.21. The summed E-state index contributed by atoms with van der Waals surface area (Å²) < 4.78 is 33.2. The molecular formula is C22H25F2N7O2. The summed E-state index contributed by atoms with van der Waals surface area (Å²) in [6.07, 6.45) is 2.92. The second kappa shape index (κ2) is 9.10. The fourth-order valence-corrected chi connectivity index (χ4v) is 2.92. The predicted octanol–water partition coefficient (Wildman–Crippen LogP) is 4.33. The number of aryl methyl sites for hydroxylation is 1.